The molecular weight excluding hydrogens is 132 g/mol. The molecule has 1 aromatic heterocycles. The smallest absolute Gasteiger partial charge is 0.0971 e. The summed E-state index contributed by atoms with van der Waals surface area (Å²) < 4.78 is 0. The van der Waals surface area contributed by atoms with E-state index in [2.05, 4.69) is 9.98 Å². The Labute approximate surface area is 57.3 Å². The summed E-state index contributed by atoms with van der Waals surface area (Å²) in [4.78, 5) is 9.65. The highest BCUT2D eigenvalue weighted by Gasteiger charge is 2.09. The molecule has 1 aromatic rings. The highest BCUT2D eigenvalue weighted by molar-refractivity contribution is 7.11. The van der Waals surface area contributed by atoms with Crippen LogP contribution in [-0.2, 0) is 6.54 Å². The normalized spacial score (nSPS) is 14.3. The van der Waals surface area contributed by atoms with E-state index < -0.39 is 0 Å². The van der Waals surface area contributed by atoms with E-state index in [1.807, 2.05) is 13.1 Å². The van der Waals surface area contributed by atoms with Gasteiger partial charge in [-0.25, -0.2) is 4.98 Å². The number of rotatable bonds is 0. The number of thiazole rings is 1. The van der Waals surface area contributed by atoms with Crippen LogP contribution in [0.25, 0.3) is 0 Å². The third-order valence-electron chi connectivity index (χ3n) is 1.28. The maximum Gasteiger partial charge on any atom is 0.0971 e. The van der Waals surface area contributed by atoms with Gasteiger partial charge in [-0.05, 0) is 6.92 Å². The van der Waals surface area contributed by atoms with Gasteiger partial charge in [0.25, 0.3) is 0 Å². The van der Waals surface area contributed by atoms with Gasteiger partial charge in [-0.2, -0.15) is 0 Å². The highest BCUT2D eigenvalue weighted by atomic mass is 32.1. The average molecular weight is 138 g/mol. The van der Waals surface area contributed by atoms with Gasteiger partial charge in [0, 0.05) is 6.21 Å². The van der Waals surface area contributed by atoms with Crippen molar-refractivity contribution in [3.05, 3.63) is 15.6 Å². The van der Waals surface area contributed by atoms with E-state index in [1.165, 1.54) is 4.88 Å². The predicted octanol–water partition coefficient (Wildman–Crippen LogP) is 1.38. The average Bonchev–Trinajstić information content (AvgIpc) is 2.22. The maximum atomic E-state index is 4.26. The zero-order valence-electron chi connectivity index (χ0n) is 5.09. The fourth-order valence-electron chi connectivity index (χ4n) is 0.915. The van der Waals surface area contributed by atoms with Crippen molar-refractivity contribution in [3.63, 3.8) is 0 Å². The van der Waals surface area contributed by atoms with Crippen molar-refractivity contribution in [1.82, 2.24) is 4.98 Å². The number of aryl methyl sites for hydroxylation is 1. The Balaban J connectivity index is 2.61. The zero-order valence-corrected chi connectivity index (χ0v) is 5.90. The molecule has 0 spiro atoms. The SMILES string of the molecule is Cc1nc2c(s1)CN=C2. The van der Waals surface area contributed by atoms with Crippen molar-refractivity contribution >= 4 is 17.6 Å². The van der Waals surface area contributed by atoms with Crippen LogP contribution in [0.4, 0.5) is 0 Å². The van der Waals surface area contributed by atoms with E-state index in [4.69, 9.17) is 0 Å². The molecule has 46 valence electrons. The second-order valence-electron chi connectivity index (χ2n) is 2.01. The molecule has 0 bridgehead atoms. The van der Waals surface area contributed by atoms with Crippen LogP contribution >= 0.6 is 11.3 Å². The maximum absolute atomic E-state index is 4.26. The lowest BCUT2D eigenvalue weighted by Crippen LogP contribution is -1.76. The zero-order chi connectivity index (χ0) is 6.27. The number of aliphatic imine (C=N–C) groups is 1. The molecule has 0 atom stereocenters. The number of hydrogen-bond donors (Lipinski definition) is 0. The topological polar surface area (TPSA) is 25.2 Å². The minimum atomic E-state index is 0.848. The minimum Gasteiger partial charge on any atom is -0.285 e. The summed E-state index contributed by atoms with van der Waals surface area (Å²) in [6, 6.07) is 0. The monoisotopic (exact) mass is 138 g/mol. The molecule has 0 saturated heterocycles. The third-order valence-corrected chi connectivity index (χ3v) is 2.25. The molecular formula is C6H6N2S. The fraction of sp³-hybridized carbons (Fsp3) is 0.333. The molecule has 0 amide bonds. The first-order chi connectivity index (χ1) is 4.36. The first-order valence-corrected chi connectivity index (χ1v) is 3.64. The Kier molecular flexibility index (Phi) is 0.931. The van der Waals surface area contributed by atoms with Crippen molar-refractivity contribution in [2.75, 3.05) is 0 Å². The van der Waals surface area contributed by atoms with Crippen molar-refractivity contribution < 1.29 is 0 Å². The highest BCUT2D eigenvalue weighted by Crippen LogP contribution is 2.20. The Morgan fingerprint density at radius 2 is 2.56 bits per heavy atom. The van der Waals surface area contributed by atoms with Crippen molar-refractivity contribution in [2.45, 2.75) is 13.5 Å². The molecule has 0 aliphatic carbocycles. The van der Waals surface area contributed by atoms with E-state index in [-0.39, 0.29) is 0 Å². The largest absolute Gasteiger partial charge is 0.285 e. The molecule has 2 nitrogen and oxygen atoms in total. The molecule has 0 N–H and O–H groups in total. The standard InChI is InChI=1S/C6H6N2S/c1-4-8-5-2-7-3-6(5)9-4/h2H,3H2,1H3. The van der Waals surface area contributed by atoms with Crippen molar-refractivity contribution in [3.8, 4) is 0 Å². The first kappa shape index (κ1) is 5.11. The molecule has 1 aliphatic rings. The molecule has 1 aliphatic heterocycles. The van der Waals surface area contributed by atoms with Gasteiger partial charge in [-0.15, -0.1) is 11.3 Å². The summed E-state index contributed by atoms with van der Waals surface area (Å²) in [6.45, 7) is 2.87. The van der Waals surface area contributed by atoms with Gasteiger partial charge in [0.1, 0.15) is 0 Å². The molecule has 0 radical (unpaired) electrons. The van der Waals surface area contributed by atoms with Gasteiger partial charge < -0.3 is 0 Å². The summed E-state index contributed by atoms with van der Waals surface area (Å²) in [6.07, 6.45) is 1.85. The number of nitrogens with zero attached hydrogens (tertiary/aromatic N) is 2. The molecule has 2 rings (SSSR count). The van der Waals surface area contributed by atoms with E-state index in [9.17, 15) is 0 Å². The van der Waals surface area contributed by atoms with Crippen LogP contribution in [0.3, 0.4) is 0 Å². The quantitative estimate of drug-likeness (QED) is 0.531. The fourth-order valence-corrected chi connectivity index (χ4v) is 1.76. The van der Waals surface area contributed by atoms with Gasteiger partial charge in [0.15, 0.2) is 0 Å². The number of fused-ring (bicyclic) bond motifs is 1. The van der Waals surface area contributed by atoms with Crippen LogP contribution < -0.4 is 0 Å². The predicted molar refractivity (Wildman–Crippen MR) is 38.1 cm³/mol. The van der Waals surface area contributed by atoms with E-state index in [1.54, 1.807) is 11.3 Å². The van der Waals surface area contributed by atoms with Crippen molar-refractivity contribution in [2.24, 2.45) is 4.99 Å². The molecule has 2 heterocycles. The van der Waals surface area contributed by atoms with E-state index >= 15 is 0 Å². The minimum absolute atomic E-state index is 0.848. The van der Waals surface area contributed by atoms with Crippen LogP contribution in [0.5, 0.6) is 0 Å². The van der Waals surface area contributed by atoms with Crippen molar-refractivity contribution in [1.29, 1.82) is 0 Å². The van der Waals surface area contributed by atoms with Gasteiger partial charge in [0.2, 0.25) is 0 Å². The Morgan fingerprint density at radius 1 is 1.67 bits per heavy atom. The lowest BCUT2D eigenvalue weighted by Gasteiger charge is -1.76. The summed E-state index contributed by atoms with van der Waals surface area (Å²) in [5.41, 5.74) is 1.08. The second kappa shape index (κ2) is 1.64. The third kappa shape index (κ3) is 0.685. The summed E-state index contributed by atoms with van der Waals surface area (Å²) in [7, 11) is 0. The molecule has 0 unspecified atom stereocenters. The Bertz CT molecular complexity index is 262. The van der Waals surface area contributed by atoms with E-state index in [0.29, 0.717) is 0 Å². The van der Waals surface area contributed by atoms with E-state index in [0.717, 1.165) is 17.2 Å². The van der Waals surface area contributed by atoms with Gasteiger partial charge >= 0.3 is 0 Å². The van der Waals surface area contributed by atoms with Crippen LogP contribution in [0.15, 0.2) is 4.99 Å². The lowest BCUT2D eigenvalue weighted by molar-refractivity contribution is 1.14. The summed E-state index contributed by atoms with van der Waals surface area (Å²) in [5, 5.41) is 1.14. The number of aromatic nitrogens is 1. The molecule has 0 saturated carbocycles. The second-order valence-corrected chi connectivity index (χ2v) is 3.30. The summed E-state index contributed by atoms with van der Waals surface area (Å²) in [5.74, 6) is 0. The first-order valence-electron chi connectivity index (χ1n) is 2.82. The van der Waals surface area contributed by atoms with Gasteiger partial charge in [0.05, 0.1) is 22.1 Å². The Morgan fingerprint density at radius 3 is 3.33 bits per heavy atom. The molecule has 0 aromatic carbocycles. The summed E-state index contributed by atoms with van der Waals surface area (Å²) >= 11 is 1.74. The van der Waals surface area contributed by atoms with Gasteiger partial charge in [-0.3, -0.25) is 4.99 Å². The lowest BCUT2D eigenvalue weighted by atomic mass is 10.4. The van der Waals surface area contributed by atoms with Crippen LogP contribution in [-0.4, -0.2) is 11.2 Å². The van der Waals surface area contributed by atoms with Gasteiger partial charge in [-0.1, -0.05) is 0 Å². The van der Waals surface area contributed by atoms with Crippen LogP contribution in [0.1, 0.15) is 15.6 Å². The van der Waals surface area contributed by atoms with Crippen LogP contribution in [0, 0.1) is 6.92 Å². The molecule has 9 heavy (non-hydrogen) atoms. The Hall–Kier alpha value is -0.700. The molecule has 0 fully saturated rings. The number of hydrogen-bond acceptors (Lipinski definition) is 3. The van der Waals surface area contributed by atoms with Crippen LogP contribution in [0.2, 0.25) is 0 Å². The molecule has 3 heteroatoms.